The minimum atomic E-state index is -3.62. The Bertz CT molecular complexity index is 1200. The van der Waals surface area contributed by atoms with Gasteiger partial charge in [0.05, 0.1) is 19.9 Å². The van der Waals surface area contributed by atoms with Gasteiger partial charge in [0.2, 0.25) is 10.0 Å². The Morgan fingerprint density at radius 1 is 1.14 bits per heavy atom. The number of hydrogen-bond donors (Lipinski definition) is 1. The Balaban J connectivity index is 1.62. The molecule has 11 heteroatoms. The molecular formula is C24H40N4O4S3. The summed E-state index contributed by atoms with van der Waals surface area (Å²) in [5.41, 5.74) is 0.694. The molecule has 1 aliphatic carbocycles. The number of nitrogens with one attached hydrogen (secondary N) is 1. The van der Waals surface area contributed by atoms with Gasteiger partial charge in [0.1, 0.15) is 0 Å². The third kappa shape index (κ3) is 7.15. The van der Waals surface area contributed by atoms with Crippen LogP contribution in [-0.2, 0) is 19.9 Å². The molecule has 1 aromatic carbocycles. The lowest BCUT2D eigenvalue weighted by Crippen LogP contribution is -2.42. The second-order valence-corrected chi connectivity index (χ2v) is 15.6. The summed E-state index contributed by atoms with van der Waals surface area (Å²) < 4.78 is 52.5. The summed E-state index contributed by atoms with van der Waals surface area (Å²) in [7, 11) is -5.06. The van der Waals surface area contributed by atoms with Gasteiger partial charge in [-0.1, -0.05) is 37.5 Å². The number of fused-ring (bicyclic) bond motifs is 1. The van der Waals surface area contributed by atoms with Crippen LogP contribution in [0.5, 0.6) is 0 Å². The van der Waals surface area contributed by atoms with E-state index in [9.17, 15) is 16.8 Å². The van der Waals surface area contributed by atoms with Gasteiger partial charge in [-0.25, -0.2) is 26.5 Å². The Morgan fingerprint density at radius 3 is 2.46 bits per heavy atom. The number of thiazole rings is 1. The van der Waals surface area contributed by atoms with E-state index in [-0.39, 0.29) is 11.4 Å². The molecule has 8 nitrogen and oxygen atoms in total. The van der Waals surface area contributed by atoms with Gasteiger partial charge in [0.15, 0.2) is 15.0 Å². The first-order valence-corrected chi connectivity index (χ1v) is 16.6. The molecule has 198 valence electrons. The van der Waals surface area contributed by atoms with Crippen LogP contribution >= 0.6 is 11.3 Å². The van der Waals surface area contributed by atoms with Crippen molar-refractivity contribution in [3.05, 3.63) is 18.2 Å². The van der Waals surface area contributed by atoms with Crippen LogP contribution in [0.3, 0.4) is 0 Å². The number of anilines is 1. The van der Waals surface area contributed by atoms with Crippen LogP contribution in [0.15, 0.2) is 23.1 Å². The fourth-order valence-corrected chi connectivity index (χ4v) is 7.16. The van der Waals surface area contributed by atoms with Crippen molar-refractivity contribution in [1.29, 1.82) is 0 Å². The standard InChI is InChI=1S/C24H40N4O4S3/c1-6-28(19-11-8-7-9-12-19)16-10-15-25-35(31,32)20-13-14-21-22(17-20)33-23(26-21)27(4)18-24(2,3)34(5,29)30/h13-14,17,19,25H,6-12,15-16,18H2,1-5H3. The number of sulfone groups is 1. The van der Waals surface area contributed by atoms with Crippen LogP contribution in [0.2, 0.25) is 0 Å². The summed E-state index contributed by atoms with van der Waals surface area (Å²) in [4.78, 5) is 9.10. The van der Waals surface area contributed by atoms with E-state index in [1.165, 1.54) is 49.7 Å². The lowest BCUT2D eigenvalue weighted by molar-refractivity contribution is 0.162. The number of rotatable bonds is 12. The molecule has 1 N–H and O–H groups in total. The highest BCUT2D eigenvalue weighted by Crippen LogP contribution is 2.31. The van der Waals surface area contributed by atoms with E-state index in [0.29, 0.717) is 23.2 Å². The zero-order valence-electron chi connectivity index (χ0n) is 21.6. The van der Waals surface area contributed by atoms with E-state index in [2.05, 4.69) is 21.5 Å². The van der Waals surface area contributed by atoms with E-state index < -0.39 is 24.6 Å². The monoisotopic (exact) mass is 544 g/mol. The molecule has 3 rings (SSSR count). The normalized spacial score (nSPS) is 16.3. The largest absolute Gasteiger partial charge is 0.350 e. The maximum atomic E-state index is 12.9. The van der Waals surface area contributed by atoms with Gasteiger partial charge in [-0.05, 0) is 64.4 Å². The summed E-state index contributed by atoms with van der Waals surface area (Å²) in [6.07, 6.45) is 8.42. The van der Waals surface area contributed by atoms with Crippen molar-refractivity contribution in [2.24, 2.45) is 0 Å². The van der Waals surface area contributed by atoms with Gasteiger partial charge in [-0.15, -0.1) is 0 Å². The Labute approximate surface area is 215 Å². The summed E-state index contributed by atoms with van der Waals surface area (Å²) in [6, 6.07) is 5.57. The minimum Gasteiger partial charge on any atom is -0.350 e. The predicted octanol–water partition coefficient (Wildman–Crippen LogP) is 3.88. The van der Waals surface area contributed by atoms with Crippen LogP contribution in [0, 0.1) is 0 Å². The van der Waals surface area contributed by atoms with Crippen molar-refractivity contribution in [3.8, 4) is 0 Å². The van der Waals surface area contributed by atoms with Gasteiger partial charge in [0.25, 0.3) is 0 Å². The van der Waals surface area contributed by atoms with Crippen LogP contribution in [0.1, 0.15) is 59.3 Å². The van der Waals surface area contributed by atoms with Crippen molar-refractivity contribution in [2.75, 3.05) is 44.4 Å². The second kappa shape index (κ2) is 11.4. The Hall–Kier alpha value is -1.27. The van der Waals surface area contributed by atoms with Crippen LogP contribution < -0.4 is 9.62 Å². The molecule has 0 bridgehead atoms. The first-order chi connectivity index (χ1) is 16.3. The number of nitrogens with zero attached hydrogens (tertiary/aromatic N) is 3. The maximum Gasteiger partial charge on any atom is 0.240 e. The number of hydrogen-bond acceptors (Lipinski definition) is 8. The summed E-state index contributed by atoms with van der Waals surface area (Å²) in [5.74, 6) is 0. The minimum absolute atomic E-state index is 0.221. The SMILES string of the molecule is CCN(CCCNS(=O)(=O)c1ccc2nc(N(C)CC(C)(C)S(C)(=O)=O)sc2c1)C1CCCCC1. The van der Waals surface area contributed by atoms with Crippen molar-refractivity contribution < 1.29 is 16.8 Å². The zero-order chi connectivity index (χ0) is 25.9. The molecule has 1 fully saturated rings. The molecule has 35 heavy (non-hydrogen) atoms. The molecular weight excluding hydrogens is 504 g/mol. The molecule has 1 aliphatic rings. The van der Waals surface area contributed by atoms with Crippen molar-refractivity contribution in [2.45, 2.75) is 75.0 Å². The first-order valence-electron chi connectivity index (χ1n) is 12.4. The molecule has 1 heterocycles. The third-order valence-electron chi connectivity index (χ3n) is 7.02. The topological polar surface area (TPSA) is 99.7 Å². The smallest absolute Gasteiger partial charge is 0.240 e. The number of benzene rings is 1. The molecule has 2 aromatic rings. The van der Waals surface area contributed by atoms with E-state index in [0.717, 1.165) is 24.2 Å². The summed E-state index contributed by atoms with van der Waals surface area (Å²) in [6.45, 7) is 8.15. The van der Waals surface area contributed by atoms with Gasteiger partial charge < -0.3 is 9.80 Å². The lowest BCUT2D eigenvalue weighted by Gasteiger charge is -2.33. The van der Waals surface area contributed by atoms with Gasteiger partial charge in [-0.3, -0.25) is 0 Å². The van der Waals surface area contributed by atoms with Crippen molar-refractivity contribution >= 4 is 46.5 Å². The van der Waals surface area contributed by atoms with Gasteiger partial charge >= 0.3 is 0 Å². The van der Waals surface area contributed by atoms with E-state index in [4.69, 9.17) is 0 Å². The van der Waals surface area contributed by atoms with Gasteiger partial charge in [0, 0.05) is 32.4 Å². The highest BCUT2D eigenvalue weighted by molar-refractivity contribution is 7.92. The molecule has 0 amide bonds. The maximum absolute atomic E-state index is 12.9. The zero-order valence-corrected chi connectivity index (χ0v) is 24.0. The van der Waals surface area contributed by atoms with Crippen LogP contribution in [0.25, 0.3) is 10.2 Å². The lowest BCUT2D eigenvalue weighted by atomic mass is 9.94. The highest BCUT2D eigenvalue weighted by Gasteiger charge is 2.32. The molecule has 0 unspecified atom stereocenters. The second-order valence-electron chi connectivity index (χ2n) is 10.2. The van der Waals surface area contributed by atoms with E-state index in [1.807, 2.05) is 4.90 Å². The van der Waals surface area contributed by atoms with E-state index >= 15 is 0 Å². The quantitative estimate of drug-likeness (QED) is 0.405. The molecule has 0 aliphatic heterocycles. The fourth-order valence-electron chi connectivity index (χ4n) is 4.60. The molecule has 1 aromatic heterocycles. The molecule has 0 atom stereocenters. The predicted molar refractivity (Wildman–Crippen MR) is 146 cm³/mol. The van der Waals surface area contributed by atoms with Crippen LogP contribution in [0.4, 0.5) is 5.13 Å². The van der Waals surface area contributed by atoms with E-state index in [1.54, 1.807) is 39.1 Å². The molecule has 1 saturated carbocycles. The van der Waals surface area contributed by atoms with Crippen molar-refractivity contribution in [1.82, 2.24) is 14.6 Å². The molecule has 0 saturated heterocycles. The van der Waals surface area contributed by atoms with Crippen molar-refractivity contribution in [3.63, 3.8) is 0 Å². The first kappa shape index (κ1) is 28.3. The van der Waals surface area contributed by atoms with Crippen LogP contribution in [-0.4, -0.2) is 77.0 Å². The Morgan fingerprint density at radius 2 is 1.83 bits per heavy atom. The highest BCUT2D eigenvalue weighted by atomic mass is 32.2. The summed E-state index contributed by atoms with van der Waals surface area (Å²) in [5, 5.41) is 0.654. The average molecular weight is 545 g/mol. The average Bonchev–Trinajstić information content (AvgIpc) is 3.22. The third-order valence-corrected chi connectivity index (χ3v) is 11.7. The van der Waals surface area contributed by atoms with Gasteiger partial charge in [-0.2, -0.15) is 0 Å². The molecule has 0 radical (unpaired) electrons. The molecule has 0 spiro atoms. The Kier molecular flexibility index (Phi) is 9.23. The fraction of sp³-hybridized carbons (Fsp3) is 0.708. The number of aromatic nitrogens is 1. The summed E-state index contributed by atoms with van der Waals surface area (Å²) >= 11 is 1.36. The number of sulfonamides is 1.